The number of H-pyrrole nitrogens is 1. The minimum atomic E-state index is -0.0686. The minimum Gasteiger partial charge on any atom is -0.351 e. The van der Waals surface area contributed by atoms with Gasteiger partial charge in [-0.15, -0.1) is 0 Å². The maximum absolute atomic E-state index is 12.1. The summed E-state index contributed by atoms with van der Waals surface area (Å²) in [7, 11) is 0. The summed E-state index contributed by atoms with van der Waals surface area (Å²) in [5.41, 5.74) is 3.92. The highest BCUT2D eigenvalue weighted by Gasteiger charge is 2.16. The fraction of sp³-hybridized carbons (Fsp3) is 0.389. The van der Waals surface area contributed by atoms with E-state index in [0.717, 1.165) is 42.5 Å². The van der Waals surface area contributed by atoms with Gasteiger partial charge in [-0.05, 0) is 38.2 Å². The van der Waals surface area contributed by atoms with Crippen LogP contribution >= 0.6 is 11.8 Å². The van der Waals surface area contributed by atoms with Crippen molar-refractivity contribution in [1.29, 1.82) is 0 Å². The predicted octanol–water partition coefficient (Wildman–Crippen LogP) is 2.37. The Kier molecular flexibility index (Phi) is 5.35. The summed E-state index contributed by atoms with van der Waals surface area (Å²) in [4.78, 5) is 31.3. The third-order valence-electron chi connectivity index (χ3n) is 4.12. The van der Waals surface area contributed by atoms with Gasteiger partial charge in [0, 0.05) is 12.1 Å². The van der Waals surface area contributed by atoms with Crippen LogP contribution in [0.2, 0.25) is 0 Å². The first-order valence-electron chi connectivity index (χ1n) is 8.19. The molecule has 1 aliphatic carbocycles. The second-order valence-corrected chi connectivity index (χ2v) is 7.02. The Hall–Kier alpha value is -2.08. The molecule has 0 saturated heterocycles. The molecule has 0 saturated carbocycles. The van der Waals surface area contributed by atoms with Gasteiger partial charge in [-0.1, -0.05) is 41.6 Å². The molecule has 126 valence electrons. The van der Waals surface area contributed by atoms with Crippen molar-refractivity contribution in [2.75, 3.05) is 5.75 Å². The van der Waals surface area contributed by atoms with Crippen LogP contribution < -0.4 is 10.9 Å². The molecule has 1 aromatic carbocycles. The van der Waals surface area contributed by atoms with Gasteiger partial charge in [0.1, 0.15) is 0 Å². The zero-order valence-corrected chi connectivity index (χ0v) is 14.5. The molecule has 1 heterocycles. The van der Waals surface area contributed by atoms with E-state index in [1.165, 1.54) is 17.3 Å². The third kappa shape index (κ3) is 4.26. The minimum absolute atomic E-state index is 0.0535. The second kappa shape index (κ2) is 7.66. The first-order valence-corrected chi connectivity index (χ1v) is 9.17. The summed E-state index contributed by atoms with van der Waals surface area (Å²) >= 11 is 1.27. The molecule has 1 aliphatic rings. The van der Waals surface area contributed by atoms with E-state index in [1.807, 2.05) is 31.2 Å². The predicted molar refractivity (Wildman–Crippen MR) is 95.2 cm³/mol. The van der Waals surface area contributed by atoms with Gasteiger partial charge in [0.25, 0.3) is 5.56 Å². The molecule has 0 spiro atoms. The van der Waals surface area contributed by atoms with Crippen molar-refractivity contribution in [1.82, 2.24) is 15.3 Å². The summed E-state index contributed by atoms with van der Waals surface area (Å²) in [5.74, 6) is 0.175. The van der Waals surface area contributed by atoms with Crippen LogP contribution in [0.25, 0.3) is 0 Å². The van der Waals surface area contributed by atoms with E-state index in [1.54, 1.807) is 0 Å². The number of aromatic amines is 1. The van der Waals surface area contributed by atoms with Gasteiger partial charge < -0.3 is 10.3 Å². The van der Waals surface area contributed by atoms with Crippen LogP contribution in [0.1, 0.15) is 35.2 Å². The van der Waals surface area contributed by atoms with Gasteiger partial charge in [0.05, 0.1) is 11.4 Å². The number of hydrogen-bond donors (Lipinski definition) is 2. The summed E-state index contributed by atoms with van der Waals surface area (Å²) in [6.07, 6.45) is 3.78. The van der Waals surface area contributed by atoms with E-state index in [-0.39, 0.29) is 17.2 Å². The SMILES string of the molecule is Cc1ccc(CNC(=O)CSc2nc3c(c(=O)[nH]2)CCCC3)cc1. The van der Waals surface area contributed by atoms with E-state index in [4.69, 9.17) is 0 Å². The molecule has 0 atom stereocenters. The zero-order valence-electron chi connectivity index (χ0n) is 13.7. The quantitative estimate of drug-likeness (QED) is 0.646. The number of hydrogen-bond acceptors (Lipinski definition) is 4. The lowest BCUT2D eigenvalue weighted by Gasteiger charge is -2.14. The Balaban J connectivity index is 1.53. The fourth-order valence-corrected chi connectivity index (χ4v) is 3.45. The van der Waals surface area contributed by atoms with Gasteiger partial charge in [-0.25, -0.2) is 4.98 Å². The molecule has 5 nitrogen and oxygen atoms in total. The van der Waals surface area contributed by atoms with Crippen LogP contribution in [-0.4, -0.2) is 21.6 Å². The third-order valence-corrected chi connectivity index (χ3v) is 4.99. The lowest BCUT2D eigenvalue weighted by Crippen LogP contribution is -2.25. The molecule has 0 fully saturated rings. The van der Waals surface area contributed by atoms with Crippen molar-refractivity contribution >= 4 is 17.7 Å². The van der Waals surface area contributed by atoms with Gasteiger partial charge in [0.15, 0.2) is 5.16 Å². The molecule has 2 N–H and O–H groups in total. The Bertz CT molecular complexity index is 784. The Morgan fingerprint density at radius 1 is 1.25 bits per heavy atom. The van der Waals surface area contributed by atoms with Gasteiger partial charge in [-0.2, -0.15) is 0 Å². The molecule has 0 aliphatic heterocycles. The van der Waals surface area contributed by atoms with E-state index in [0.29, 0.717) is 11.7 Å². The van der Waals surface area contributed by atoms with Crippen molar-refractivity contribution in [3.63, 3.8) is 0 Å². The summed E-state index contributed by atoms with van der Waals surface area (Å²) in [5, 5.41) is 3.42. The van der Waals surface area contributed by atoms with Crippen molar-refractivity contribution in [3.05, 3.63) is 57.0 Å². The molecule has 3 rings (SSSR count). The second-order valence-electron chi connectivity index (χ2n) is 6.05. The lowest BCUT2D eigenvalue weighted by molar-refractivity contribution is -0.118. The average Bonchev–Trinajstić information content (AvgIpc) is 2.59. The molecule has 0 unspecified atom stereocenters. The van der Waals surface area contributed by atoms with E-state index >= 15 is 0 Å². The molecule has 2 aromatic rings. The van der Waals surface area contributed by atoms with E-state index in [9.17, 15) is 9.59 Å². The number of fused-ring (bicyclic) bond motifs is 1. The highest BCUT2D eigenvalue weighted by Crippen LogP contribution is 2.19. The number of benzene rings is 1. The van der Waals surface area contributed by atoms with Crippen LogP contribution in [0.5, 0.6) is 0 Å². The number of carbonyl (C=O) groups excluding carboxylic acids is 1. The maximum Gasteiger partial charge on any atom is 0.254 e. The normalized spacial score (nSPS) is 13.4. The molecule has 24 heavy (non-hydrogen) atoms. The zero-order chi connectivity index (χ0) is 16.9. The number of carbonyl (C=O) groups is 1. The molecular weight excluding hydrogens is 322 g/mol. The first-order chi connectivity index (χ1) is 11.6. The van der Waals surface area contributed by atoms with Crippen molar-refractivity contribution in [2.24, 2.45) is 0 Å². The smallest absolute Gasteiger partial charge is 0.254 e. The number of nitrogens with one attached hydrogen (secondary N) is 2. The monoisotopic (exact) mass is 343 g/mol. The number of amides is 1. The summed E-state index contributed by atoms with van der Waals surface area (Å²) in [6, 6.07) is 8.06. The number of thioether (sulfide) groups is 1. The van der Waals surface area contributed by atoms with E-state index < -0.39 is 0 Å². The van der Waals surface area contributed by atoms with Crippen molar-refractivity contribution < 1.29 is 4.79 Å². The molecule has 0 radical (unpaired) electrons. The lowest BCUT2D eigenvalue weighted by atomic mass is 9.97. The summed E-state index contributed by atoms with van der Waals surface area (Å²) < 4.78 is 0. The topological polar surface area (TPSA) is 74.8 Å². The Morgan fingerprint density at radius 3 is 2.79 bits per heavy atom. The van der Waals surface area contributed by atoms with Crippen LogP contribution in [-0.2, 0) is 24.2 Å². The van der Waals surface area contributed by atoms with Gasteiger partial charge >= 0.3 is 0 Å². The van der Waals surface area contributed by atoms with Crippen LogP contribution in [0.3, 0.4) is 0 Å². The summed E-state index contributed by atoms with van der Waals surface area (Å²) in [6.45, 7) is 2.54. The largest absolute Gasteiger partial charge is 0.351 e. The van der Waals surface area contributed by atoms with Gasteiger partial charge in [-0.3, -0.25) is 9.59 Å². The van der Waals surface area contributed by atoms with Crippen LogP contribution in [0, 0.1) is 6.92 Å². The first kappa shape index (κ1) is 16.8. The average molecular weight is 343 g/mol. The van der Waals surface area contributed by atoms with Crippen molar-refractivity contribution in [2.45, 2.75) is 44.3 Å². The molecule has 1 amide bonds. The standard InChI is InChI=1S/C18H21N3O2S/c1-12-6-8-13(9-7-12)10-19-16(22)11-24-18-20-15-5-3-2-4-14(15)17(23)21-18/h6-9H,2-5,10-11H2,1H3,(H,19,22)(H,20,21,23). The highest BCUT2D eigenvalue weighted by molar-refractivity contribution is 7.99. The Labute approximate surface area is 145 Å². The molecule has 1 aromatic heterocycles. The fourth-order valence-electron chi connectivity index (χ4n) is 2.74. The van der Waals surface area contributed by atoms with Gasteiger partial charge in [0.2, 0.25) is 5.91 Å². The van der Waals surface area contributed by atoms with Crippen LogP contribution in [0.4, 0.5) is 0 Å². The van der Waals surface area contributed by atoms with Crippen LogP contribution in [0.15, 0.2) is 34.2 Å². The number of aryl methyl sites for hydroxylation is 2. The number of aromatic nitrogens is 2. The molecular formula is C18H21N3O2S. The Morgan fingerprint density at radius 2 is 2.00 bits per heavy atom. The molecule has 0 bridgehead atoms. The number of nitrogens with zero attached hydrogens (tertiary/aromatic N) is 1. The molecule has 6 heteroatoms. The van der Waals surface area contributed by atoms with E-state index in [2.05, 4.69) is 15.3 Å². The number of rotatable bonds is 5. The van der Waals surface area contributed by atoms with Crippen molar-refractivity contribution in [3.8, 4) is 0 Å². The maximum atomic E-state index is 12.1. The highest BCUT2D eigenvalue weighted by atomic mass is 32.2.